The number of fused-ring (bicyclic) bond motifs is 1. The van der Waals surface area contributed by atoms with Gasteiger partial charge in [-0.25, -0.2) is 4.98 Å². The number of nitrogens with zero attached hydrogens (tertiary/aromatic N) is 4. The molecular formula is C27H30N4O2S. The second-order valence-corrected chi connectivity index (χ2v) is 9.61. The fraction of sp³-hybridized carbons (Fsp3) is 0.296. The highest BCUT2D eigenvalue weighted by atomic mass is 32.1. The molecule has 1 atom stereocenters. The van der Waals surface area contributed by atoms with E-state index in [0.717, 1.165) is 11.3 Å². The number of likely N-dealkylation sites (N-methyl/N-ethyl adjacent to an activating group) is 1. The molecule has 0 aliphatic heterocycles. The molecule has 0 saturated heterocycles. The van der Waals surface area contributed by atoms with Crippen molar-refractivity contribution in [3.8, 4) is 5.69 Å². The average Bonchev–Trinajstić information content (AvgIpc) is 3.37. The topological polar surface area (TPSA) is 58.4 Å². The number of hydrogen-bond acceptors (Lipinski definition) is 5. The van der Waals surface area contributed by atoms with Gasteiger partial charge in [0.25, 0.3) is 11.5 Å². The molecule has 0 spiro atoms. The van der Waals surface area contributed by atoms with Gasteiger partial charge in [0.1, 0.15) is 5.82 Å². The van der Waals surface area contributed by atoms with E-state index >= 15 is 0 Å². The Labute approximate surface area is 204 Å². The second-order valence-electron chi connectivity index (χ2n) is 8.67. The molecule has 176 valence electrons. The van der Waals surface area contributed by atoms with Crippen molar-refractivity contribution in [3.63, 3.8) is 0 Å². The Morgan fingerprint density at radius 1 is 1.03 bits per heavy atom. The van der Waals surface area contributed by atoms with Gasteiger partial charge in [0.15, 0.2) is 0 Å². The van der Waals surface area contributed by atoms with Crippen LogP contribution in [0.5, 0.6) is 0 Å². The van der Waals surface area contributed by atoms with Crippen molar-refractivity contribution in [1.29, 1.82) is 0 Å². The van der Waals surface area contributed by atoms with E-state index in [0.29, 0.717) is 41.1 Å². The van der Waals surface area contributed by atoms with Gasteiger partial charge in [0, 0.05) is 13.1 Å². The summed E-state index contributed by atoms with van der Waals surface area (Å²) >= 11 is 1.43. The van der Waals surface area contributed by atoms with Crippen molar-refractivity contribution < 1.29 is 4.79 Å². The van der Waals surface area contributed by atoms with Crippen molar-refractivity contribution in [2.45, 2.75) is 26.3 Å². The maximum Gasteiger partial charge on any atom is 0.266 e. The molecule has 1 amide bonds. The first kappa shape index (κ1) is 23.9. The van der Waals surface area contributed by atoms with Gasteiger partial charge in [0.05, 0.1) is 27.5 Å². The van der Waals surface area contributed by atoms with Gasteiger partial charge >= 0.3 is 0 Å². The third kappa shape index (κ3) is 4.81. The van der Waals surface area contributed by atoms with Gasteiger partial charge in [-0.05, 0) is 63.2 Å². The monoisotopic (exact) mass is 474 g/mol. The zero-order chi connectivity index (χ0) is 24.2. The number of aromatic nitrogens is 2. The molecule has 0 radical (unpaired) electrons. The molecule has 7 heteroatoms. The van der Waals surface area contributed by atoms with Gasteiger partial charge in [0.2, 0.25) is 0 Å². The lowest BCUT2D eigenvalue weighted by atomic mass is 10.1. The van der Waals surface area contributed by atoms with Crippen LogP contribution in [0, 0.1) is 6.92 Å². The fourth-order valence-electron chi connectivity index (χ4n) is 4.11. The zero-order valence-electron chi connectivity index (χ0n) is 20.1. The maximum atomic E-state index is 13.8. The van der Waals surface area contributed by atoms with Crippen LogP contribution in [0.15, 0.2) is 70.8 Å². The highest BCUT2D eigenvalue weighted by Gasteiger charge is 2.30. The number of amides is 1. The van der Waals surface area contributed by atoms with Crippen LogP contribution < -0.4 is 5.56 Å². The lowest BCUT2D eigenvalue weighted by molar-refractivity contribution is 0.0649. The van der Waals surface area contributed by atoms with Crippen LogP contribution in [0.1, 0.15) is 40.4 Å². The number of carbonyl (C=O) groups excluding carboxylic acids is 1. The van der Waals surface area contributed by atoms with E-state index in [2.05, 4.69) is 4.90 Å². The average molecular weight is 475 g/mol. The molecular weight excluding hydrogens is 444 g/mol. The Morgan fingerprint density at radius 2 is 1.76 bits per heavy atom. The van der Waals surface area contributed by atoms with E-state index in [1.54, 1.807) is 10.6 Å². The van der Waals surface area contributed by atoms with Crippen LogP contribution in [0.2, 0.25) is 0 Å². The van der Waals surface area contributed by atoms with Gasteiger partial charge in [-0.3, -0.25) is 14.2 Å². The summed E-state index contributed by atoms with van der Waals surface area (Å²) in [6.07, 6.45) is 0.626. The molecule has 0 aliphatic carbocycles. The molecule has 34 heavy (non-hydrogen) atoms. The summed E-state index contributed by atoms with van der Waals surface area (Å²) in [6, 6.07) is 18.6. The lowest BCUT2D eigenvalue weighted by Crippen LogP contribution is -2.41. The summed E-state index contributed by atoms with van der Waals surface area (Å²) in [5.74, 6) is 0.542. The Balaban J connectivity index is 1.93. The molecule has 0 aliphatic rings. The predicted molar refractivity (Wildman–Crippen MR) is 139 cm³/mol. The van der Waals surface area contributed by atoms with Crippen LogP contribution in [-0.2, 0) is 0 Å². The normalized spacial score (nSPS) is 12.3. The van der Waals surface area contributed by atoms with Crippen molar-refractivity contribution in [2.24, 2.45) is 0 Å². The standard InChI is InChI=1S/C27H30N4O2S/c1-5-23(30(17-16-29(3)4)27(33)24-11-8-18-34-24)25-28-22-10-7-6-9-21(22)26(32)31(25)20-14-12-19(2)13-15-20/h6-15,18,23H,5,16-17H2,1-4H3. The van der Waals surface area contributed by atoms with E-state index < -0.39 is 0 Å². The van der Waals surface area contributed by atoms with Crippen LogP contribution in [0.25, 0.3) is 16.6 Å². The van der Waals surface area contributed by atoms with Crippen molar-refractivity contribution >= 4 is 28.1 Å². The molecule has 0 N–H and O–H groups in total. The van der Waals surface area contributed by atoms with E-state index in [1.165, 1.54) is 11.3 Å². The minimum absolute atomic E-state index is 0.0402. The minimum Gasteiger partial charge on any atom is -0.326 e. The summed E-state index contributed by atoms with van der Waals surface area (Å²) in [6.45, 7) is 5.29. The summed E-state index contributed by atoms with van der Waals surface area (Å²) in [4.78, 5) is 37.0. The number of benzene rings is 2. The Morgan fingerprint density at radius 3 is 2.41 bits per heavy atom. The fourth-order valence-corrected chi connectivity index (χ4v) is 4.79. The third-order valence-corrected chi connectivity index (χ3v) is 6.79. The number of aryl methyl sites for hydroxylation is 1. The summed E-state index contributed by atoms with van der Waals surface area (Å²) in [5, 5.41) is 2.47. The van der Waals surface area contributed by atoms with E-state index in [-0.39, 0.29) is 17.5 Å². The minimum atomic E-state index is -0.367. The van der Waals surface area contributed by atoms with Gasteiger partial charge in [-0.1, -0.05) is 42.8 Å². The molecule has 0 fully saturated rings. The maximum absolute atomic E-state index is 13.8. The smallest absolute Gasteiger partial charge is 0.266 e. The molecule has 2 aromatic heterocycles. The molecule has 4 aromatic rings. The summed E-state index contributed by atoms with van der Waals surface area (Å²) in [5.41, 5.74) is 2.37. The van der Waals surface area contributed by atoms with Crippen molar-refractivity contribution in [1.82, 2.24) is 19.4 Å². The van der Waals surface area contributed by atoms with E-state index in [9.17, 15) is 9.59 Å². The third-order valence-electron chi connectivity index (χ3n) is 5.94. The number of rotatable bonds is 8. The summed E-state index contributed by atoms with van der Waals surface area (Å²) < 4.78 is 1.68. The molecule has 6 nitrogen and oxygen atoms in total. The second kappa shape index (κ2) is 10.3. The van der Waals surface area contributed by atoms with Crippen LogP contribution >= 0.6 is 11.3 Å². The molecule has 1 unspecified atom stereocenters. The Kier molecular flexibility index (Phi) is 7.24. The van der Waals surface area contributed by atoms with Crippen molar-refractivity contribution in [3.05, 3.63) is 92.7 Å². The van der Waals surface area contributed by atoms with Gasteiger partial charge in [-0.15, -0.1) is 11.3 Å². The first-order chi connectivity index (χ1) is 16.4. The Hall–Kier alpha value is -3.29. The molecule has 2 aromatic carbocycles. The van der Waals surface area contributed by atoms with Gasteiger partial charge in [-0.2, -0.15) is 0 Å². The van der Waals surface area contributed by atoms with Crippen LogP contribution in [-0.4, -0.2) is 52.4 Å². The first-order valence-electron chi connectivity index (χ1n) is 11.5. The first-order valence-corrected chi connectivity index (χ1v) is 12.4. The molecule has 0 bridgehead atoms. The number of hydrogen-bond donors (Lipinski definition) is 0. The largest absolute Gasteiger partial charge is 0.326 e. The van der Waals surface area contributed by atoms with Crippen LogP contribution in [0.4, 0.5) is 0 Å². The molecule has 4 rings (SSSR count). The van der Waals surface area contributed by atoms with E-state index in [1.807, 2.05) is 92.8 Å². The molecule has 0 saturated carbocycles. The predicted octanol–water partition coefficient (Wildman–Crippen LogP) is 4.91. The highest BCUT2D eigenvalue weighted by Crippen LogP contribution is 2.28. The quantitative estimate of drug-likeness (QED) is 0.364. The van der Waals surface area contributed by atoms with E-state index in [4.69, 9.17) is 4.98 Å². The van der Waals surface area contributed by atoms with Crippen LogP contribution in [0.3, 0.4) is 0 Å². The SMILES string of the molecule is CCC(c1nc2ccccc2c(=O)n1-c1ccc(C)cc1)N(CCN(C)C)C(=O)c1cccs1. The lowest BCUT2D eigenvalue weighted by Gasteiger charge is -2.33. The zero-order valence-corrected chi connectivity index (χ0v) is 20.9. The van der Waals surface area contributed by atoms with Crippen molar-refractivity contribution in [2.75, 3.05) is 27.2 Å². The van der Waals surface area contributed by atoms with Gasteiger partial charge < -0.3 is 9.80 Å². The number of para-hydroxylation sites is 1. The Bertz CT molecular complexity index is 1330. The summed E-state index contributed by atoms with van der Waals surface area (Å²) in [7, 11) is 3.98. The number of carbonyl (C=O) groups is 1. The number of thiophene rings is 1. The highest BCUT2D eigenvalue weighted by molar-refractivity contribution is 7.12. The molecule has 2 heterocycles.